The molecule has 0 saturated carbocycles. The Hall–Kier alpha value is -1.38. The molecule has 0 fully saturated rings. The highest BCUT2D eigenvalue weighted by Crippen LogP contribution is 2.06. The van der Waals surface area contributed by atoms with E-state index in [0.717, 1.165) is 0 Å². The van der Waals surface area contributed by atoms with Crippen LogP contribution < -0.4 is 0 Å². The number of hydrogen-bond acceptors (Lipinski definition) is 3. The maximum Gasteiger partial charge on any atom is 0.340 e. The summed E-state index contributed by atoms with van der Waals surface area (Å²) in [5.74, 6) is -1.53. The number of carbonyl (C=O) groups excluding carboxylic acids is 2. The van der Waals surface area contributed by atoms with Crippen molar-refractivity contribution in [1.29, 1.82) is 0 Å². The number of carbonyl (C=O) groups is 2. The first-order chi connectivity index (χ1) is 5.99. The lowest BCUT2D eigenvalue weighted by atomic mass is 10.1. The van der Waals surface area contributed by atoms with Gasteiger partial charge in [-0.2, -0.15) is 0 Å². The molecule has 0 radical (unpaired) electrons. The highest BCUT2D eigenvalue weighted by Gasteiger charge is 2.16. The number of rotatable bonds is 4. The van der Waals surface area contributed by atoms with Gasteiger partial charge in [0.2, 0.25) is 0 Å². The summed E-state index contributed by atoms with van der Waals surface area (Å²) in [6.45, 7) is 10.0. The van der Waals surface area contributed by atoms with Gasteiger partial charge >= 0.3 is 11.9 Å². The molecule has 0 aromatic carbocycles. The standard InChI is InChI=1S/C10H14O3/c1-5-6-8(4)10(12)13-9(11)7(2)3/h5,8H,1-2,6H2,3-4H3. The molecule has 1 unspecified atom stereocenters. The van der Waals surface area contributed by atoms with Crippen LogP contribution in [0.3, 0.4) is 0 Å². The third-order valence-electron chi connectivity index (χ3n) is 1.46. The minimum atomic E-state index is -0.666. The first kappa shape index (κ1) is 11.6. The SMILES string of the molecule is C=CCC(C)C(=O)OC(=O)C(=C)C. The molecule has 0 heterocycles. The van der Waals surface area contributed by atoms with Gasteiger partial charge in [-0.1, -0.05) is 19.6 Å². The van der Waals surface area contributed by atoms with Crippen LogP contribution in [0.5, 0.6) is 0 Å². The average Bonchev–Trinajstić information content (AvgIpc) is 2.04. The van der Waals surface area contributed by atoms with Crippen LogP contribution >= 0.6 is 0 Å². The lowest BCUT2D eigenvalue weighted by molar-refractivity contribution is -0.159. The zero-order valence-corrected chi connectivity index (χ0v) is 8.00. The largest absolute Gasteiger partial charge is 0.389 e. The third kappa shape index (κ3) is 4.25. The molecule has 0 spiro atoms. The Balaban J connectivity index is 4.07. The van der Waals surface area contributed by atoms with Crippen molar-refractivity contribution in [1.82, 2.24) is 0 Å². The second-order valence-corrected chi connectivity index (χ2v) is 2.91. The van der Waals surface area contributed by atoms with Gasteiger partial charge in [-0.3, -0.25) is 4.79 Å². The fourth-order valence-electron chi connectivity index (χ4n) is 0.625. The molecule has 3 nitrogen and oxygen atoms in total. The topological polar surface area (TPSA) is 43.4 Å². The van der Waals surface area contributed by atoms with Gasteiger partial charge in [0.05, 0.1) is 5.92 Å². The normalized spacial score (nSPS) is 11.5. The molecule has 1 atom stereocenters. The van der Waals surface area contributed by atoms with Crippen LogP contribution in [0.1, 0.15) is 20.3 Å². The summed E-state index contributed by atoms with van der Waals surface area (Å²) in [6.07, 6.45) is 2.11. The molecule has 0 N–H and O–H groups in total. The summed E-state index contributed by atoms with van der Waals surface area (Å²) in [4.78, 5) is 22.0. The van der Waals surface area contributed by atoms with Gasteiger partial charge in [0.25, 0.3) is 0 Å². The van der Waals surface area contributed by atoms with Crippen LogP contribution in [-0.2, 0) is 14.3 Å². The Bertz CT molecular complexity index is 241. The van der Waals surface area contributed by atoms with Crippen molar-refractivity contribution in [3.63, 3.8) is 0 Å². The number of hydrogen-bond donors (Lipinski definition) is 0. The van der Waals surface area contributed by atoms with Crippen molar-refractivity contribution >= 4 is 11.9 Å². The van der Waals surface area contributed by atoms with Gasteiger partial charge in [-0.25, -0.2) is 4.79 Å². The monoisotopic (exact) mass is 182 g/mol. The molecule has 0 aliphatic rings. The van der Waals surface area contributed by atoms with Crippen LogP contribution in [0, 0.1) is 5.92 Å². The van der Waals surface area contributed by atoms with Gasteiger partial charge in [-0.05, 0) is 13.3 Å². The summed E-state index contributed by atoms with van der Waals surface area (Å²) < 4.78 is 4.50. The summed E-state index contributed by atoms with van der Waals surface area (Å²) >= 11 is 0. The average molecular weight is 182 g/mol. The van der Waals surface area contributed by atoms with E-state index in [1.807, 2.05) is 0 Å². The second kappa shape index (κ2) is 5.30. The Morgan fingerprint density at radius 2 is 2.08 bits per heavy atom. The molecule has 0 aromatic heterocycles. The molecule has 0 aliphatic heterocycles. The maximum atomic E-state index is 11.1. The number of ether oxygens (including phenoxy) is 1. The van der Waals surface area contributed by atoms with Crippen molar-refractivity contribution in [3.05, 3.63) is 24.8 Å². The molecule has 0 saturated heterocycles. The third-order valence-corrected chi connectivity index (χ3v) is 1.46. The van der Waals surface area contributed by atoms with E-state index in [4.69, 9.17) is 0 Å². The van der Waals surface area contributed by atoms with Gasteiger partial charge in [0.1, 0.15) is 0 Å². The first-order valence-electron chi connectivity index (χ1n) is 4.01. The summed E-state index contributed by atoms with van der Waals surface area (Å²) in [5, 5.41) is 0. The van der Waals surface area contributed by atoms with Gasteiger partial charge < -0.3 is 4.74 Å². The van der Waals surface area contributed by atoms with Crippen molar-refractivity contribution < 1.29 is 14.3 Å². The molecule has 0 rings (SSSR count). The van der Waals surface area contributed by atoms with E-state index in [1.165, 1.54) is 6.92 Å². The molecular formula is C10H14O3. The van der Waals surface area contributed by atoms with E-state index in [9.17, 15) is 9.59 Å². The molecule has 0 bridgehead atoms. The number of esters is 2. The minimum Gasteiger partial charge on any atom is -0.389 e. The Kier molecular flexibility index (Phi) is 4.74. The van der Waals surface area contributed by atoms with E-state index in [0.29, 0.717) is 6.42 Å². The molecule has 0 aliphatic carbocycles. The van der Waals surface area contributed by atoms with Crippen LogP contribution in [0.2, 0.25) is 0 Å². The zero-order chi connectivity index (χ0) is 10.4. The molecular weight excluding hydrogens is 168 g/mol. The predicted molar refractivity (Wildman–Crippen MR) is 49.9 cm³/mol. The highest BCUT2D eigenvalue weighted by atomic mass is 16.6. The highest BCUT2D eigenvalue weighted by molar-refractivity contribution is 5.95. The summed E-state index contributed by atoms with van der Waals surface area (Å²) in [5.41, 5.74) is 0.221. The molecule has 72 valence electrons. The van der Waals surface area contributed by atoms with E-state index in [1.54, 1.807) is 13.0 Å². The predicted octanol–water partition coefficient (Wildman–Crippen LogP) is 1.84. The summed E-state index contributed by atoms with van der Waals surface area (Å²) in [6, 6.07) is 0. The van der Waals surface area contributed by atoms with Gasteiger partial charge in [-0.15, -0.1) is 6.58 Å². The van der Waals surface area contributed by atoms with E-state index in [-0.39, 0.29) is 11.5 Å². The van der Waals surface area contributed by atoms with Gasteiger partial charge in [0.15, 0.2) is 0 Å². The van der Waals surface area contributed by atoms with E-state index >= 15 is 0 Å². The van der Waals surface area contributed by atoms with Crippen LogP contribution in [0.25, 0.3) is 0 Å². The summed E-state index contributed by atoms with van der Waals surface area (Å²) in [7, 11) is 0. The van der Waals surface area contributed by atoms with Crippen LogP contribution in [0.4, 0.5) is 0 Å². The lowest BCUT2D eigenvalue weighted by Gasteiger charge is -2.06. The molecule has 0 amide bonds. The number of allylic oxidation sites excluding steroid dienone is 1. The molecule has 0 aromatic rings. The second-order valence-electron chi connectivity index (χ2n) is 2.91. The fourth-order valence-corrected chi connectivity index (χ4v) is 0.625. The molecule has 13 heavy (non-hydrogen) atoms. The van der Waals surface area contributed by atoms with E-state index < -0.39 is 11.9 Å². The minimum absolute atomic E-state index is 0.221. The zero-order valence-electron chi connectivity index (χ0n) is 8.00. The van der Waals surface area contributed by atoms with Crippen molar-refractivity contribution in [2.24, 2.45) is 5.92 Å². The van der Waals surface area contributed by atoms with Crippen LogP contribution in [-0.4, -0.2) is 11.9 Å². The smallest absolute Gasteiger partial charge is 0.340 e. The molecule has 3 heteroatoms. The Morgan fingerprint density at radius 1 is 1.54 bits per heavy atom. The Morgan fingerprint density at radius 3 is 2.46 bits per heavy atom. The van der Waals surface area contributed by atoms with E-state index in [2.05, 4.69) is 17.9 Å². The van der Waals surface area contributed by atoms with Crippen molar-refractivity contribution in [2.45, 2.75) is 20.3 Å². The van der Waals surface area contributed by atoms with Gasteiger partial charge in [0, 0.05) is 5.57 Å². The quantitative estimate of drug-likeness (QED) is 0.288. The first-order valence-corrected chi connectivity index (χ1v) is 4.01. The lowest BCUT2D eigenvalue weighted by Crippen LogP contribution is -2.19. The Labute approximate surface area is 78.1 Å². The van der Waals surface area contributed by atoms with Crippen molar-refractivity contribution in [3.8, 4) is 0 Å². The fraction of sp³-hybridized carbons (Fsp3) is 0.400. The van der Waals surface area contributed by atoms with Crippen LogP contribution in [0.15, 0.2) is 24.8 Å². The van der Waals surface area contributed by atoms with Crippen molar-refractivity contribution in [2.75, 3.05) is 0 Å². The maximum absolute atomic E-state index is 11.1.